The molecule has 23 heavy (non-hydrogen) atoms. The Morgan fingerprint density at radius 2 is 1.65 bits per heavy atom. The van der Waals surface area contributed by atoms with E-state index in [-0.39, 0.29) is 10.7 Å². The number of nitrogen functional groups attached to an aromatic ring is 1. The summed E-state index contributed by atoms with van der Waals surface area (Å²) in [5, 5.41) is 4.21. The number of nitrogens with zero attached hydrogens (tertiary/aromatic N) is 2. The maximum atomic E-state index is 13.1. The monoisotopic (exact) mass is 331 g/mol. The fraction of sp³-hybridized carbons (Fsp3) is 0.0625. The van der Waals surface area contributed by atoms with Gasteiger partial charge < -0.3 is 5.73 Å². The Kier molecular flexibility index (Phi) is 3.65. The minimum Gasteiger partial charge on any atom is -0.382 e. The largest absolute Gasteiger partial charge is 0.382 e. The summed E-state index contributed by atoms with van der Waals surface area (Å²) < 4.78 is 37.7. The zero-order valence-electron chi connectivity index (χ0n) is 12.3. The van der Waals surface area contributed by atoms with Crippen molar-refractivity contribution in [3.05, 3.63) is 60.4 Å². The molecular weight excluding hydrogens is 317 g/mol. The molecule has 0 bridgehead atoms. The Bertz CT molecular complexity index is 946. The molecule has 0 saturated carbocycles. The van der Waals surface area contributed by atoms with Gasteiger partial charge in [-0.1, -0.05) is 12.1 Å². The van der Waals surface area contributed by atoms with Gasteiger partial charge in [0.05, 0.1) is 16.3 Å². The van der Waals surface area contributed by atoms with E-state index in [1.165, 1.54) is 24.3 Å². The Labute approximate surface area is 133 Å². The van der Waals surface area contributed by atoms with Crippen molar-refractivity contribution in [2.75, 3.05) is 12.0 Å². The summed E-state index contributed by atoms with van der Waals surface area (Å²) in [7, 11) is -3.25. The van der Waals surface area contributed by atoms with Crippen LogP contribution in [0, 0.1) is 5.82 Å². The van der Waals surface area contributed by atoms with E-state index in [1.54, 1.807) is 35.0 Å². The molecule has 0 amide bonds. The lowest BCUT2D eigenvalue weighted by atomic mass is 10.1. The Morgan fingerprint density at radius 1 is 1.04 bits per heavy atom. The van der Waals surface area contributed by atoms with Crippen molar-refractivity contribution in [3.63, 3.8) is 0 Å². The lowest BCUT2D eigenvalue weighted by Gasteiger charge is -2.08. The average molecular weight is 331 g/mol. The van der Waals surface area contributed by atoms with Crippen molar-refractivity contribution in [1.29, 1.82) is 0 Å². The standard InChI is InChI=1S/C16H14FN3O2S/c1-23(21,22)14-8-2-11(3-9-14)15-10-16(18)19-20(15)13-6-4-12(17)5-7-13/h2-10H,1H3,(H2,18,19). The second-order valence-corrected chi connectivity index (χ2v) is 7.15. The summed E-state index contributed by atoms with van der Waals surface area (Å²) in [6.07, 6.45) is 1.16. The van der Waals surface area contributed by atoms with Gasteiger partial charge in [0.2, 0.25) is 0 Å². The smallest absolute Gasteiger partial charge is 0.175 e. The molecule has 0 unspecified atom stereocenters. The first-order chi connectivity index (χ1) is 10.8. The first-order valence-corrected chi connectivity index (χ1v) is 8.66. The molecule has 0 atom stereocenters. The minimum absolute atomic E-state index is 0.238. The second-order valence-electron chi connectivity index (χ2n) is 5.14. The highest BCUT2D eigenvalue weighted by molar-refractivity contribution is 7.90. The molecule has 0 aliphatic carbocycles. The van der Waals surface area contributed by atoms with Crippen LogP contribution in [0.5, 0.6) is 0 Å². The SMILES string of the molecule is CS(=O)(=O)c1ccc(-c2cc(N)nn2-c2ccc(F)cc2)cc1. The van der Waals surface area contributed by atoms with Crippen LogP contribution in [0.15, 0.2) is 59.5 Å². The van der Waals surface area contributed by atoms with E-state index in [0.717, 1.165) is 11.8 Å². The Balaban J connectivity index is 2.09. The predicted molar refractivity (Wildman–Crippen MR) is 86.5 cm³/mol. The van der Waals surface area contributed by atoms with Crippen LogP contribution in [0.25, 0.3) is 16.9 Å². The molecule has 0 spiro atoms. The number of halogens is 1. The second kappa shape index (κ2) is 5.51. The lowest BCUT2D eigenvalue weighted by Crippen LogP contribution is -2.00. The number of anilines is 1. The topological polar surface area (TPSA) is 78.0 Å². The zero-order valence-corrected chi connectivity index (χ0v) is 13.1. The first kappa shape index (κ1) is 15.2. The fourth-order valence-electron chi connectivity index (χ4n) is 2.26. The highest BCUT2D eigenvalue weighted by Gasteiger charge is 2.12. The van der Waals surface area contributed by atoms with Crippen molar-refractivity contribution in [3.8, 4) is 16.9 Å². The molecule has 3 aromatic rings. The van der Waals surface area contributed by atoms with E-state index in [0.29, 0.717) is 17.2 Å². The quantitative estimate of drug-likeness (QED) is 0.800. The molecule has 0 fully saturated rings. The third-order valence-corrected chi connectivity index (χ3v) is 4.51. The molecule has 118 valence electrons. The number of hydrogen-bond donors (Lipinski definition) is 1. The summed E-state index contributed by atoms with van der Waals surface area (Å²) >= 11 is 0. The van der Waals surface area contributed by atoms with Gasteiger partial charge in [-0.2, -0.15) is 5.10 Å². The van der Waals surface area contributed by atoms with E-state index in [4.69, 9.17) is 5.73 Å². The van der Waals surface area contributed by atoms with Crippen molar-refractivity contribution >= 4 is 15.7 Å². The molecule has 1 heterocycles. The van der Waals surface area contributed by atoms with Crippen molar-refractivity contribution in [2.24, 2.45) is 0 Å². The molecule has 7 heteroatoms. The molecule has 5 nitrogen and oxygen atoms in total. The average Bonchev–Trinajstić information content (AvgIpc) is 2.89. The van der Waals surface area contributed by atoms with Gasteiger partial charge in [-0.3, -0.25) is 0 Å². The zero-order chi connectivity index (χ0) is 16.6. The Hall–Kier alpha value is -2.67. The van der Waals surface area contributed by atoms with Crippen LogP contribution in [0.2, 0.25) is 0 Å². The molecule has 0 radical (unpaired) electrons. The molecule has 2 aromatic carbocycles. The lowest BCUT2D eigenvalue weighted by molar-refractivity contribution is 0.602. The van der Waals surface area contributed by atoms with E-state index < -0.39 is 9.84 Å². The van der Waals surface area contributed by atoms with E-state index >= 15 is 0 Å². The molecule has 3 rings (SSSR count). The third-order valence-electron chi connectivity index (χ3n) is 3.38. The van der Waals surface area contributed by atoms with Crippen LogP contribution in [0.4, 0.5) is 10.2 Å². The van der Waals surface area contributed by atoms with Gasteiger partial charge in [-0.15, -0.1) is 0 Å². The van der Waals surface area contributed by atoms with E-state index in [9.17, 15) is 12.8 Å². The summed E-state index contributed by atoms with van der Waals surface area (Å²) in [6, 6.07) is 14.0. The minimum atomic E-state index is -3.25. The van der Waals surface area contributed by atoms with Crippen LogP contribution in [-0.2, 0) is 9.84 Å². The number of nitrogens with two attached hydrogens (primary N) is 1. The van der Waals surface area contributed by atoms with Gasteiger partial charge in [0.25, 0.3) is 0 Å². The normalized spacial score (nSPS) is 11.6. The van der Waals surface area contributed by atoms with Gasteiger partial charge in [0.15, 0.2) is 9.84 Å². The summed E-state index contributed by atoms with van der Waals surface area (Å²) in [4.78, 5) is 0.238. The number of aromatic nitrogens is 2. The maximum Gasteiger partial charge on any atom is 0.175 e. The van der Waals surface area contributed by atoms with E-state index in [2.05, 4.69) is 5.10 Å². The molecule has 0 aliphatic rings. The highest BCUT2D eigenvalue weighted by atomic mass is 32.2. The van der Waals surface area contributed by atoms with Crippen molar-refractivity contribution in [2.45, 2.75) is 4.90 Å². The van der Waals surface area contributed by atoms with Crippen molar-refractivity contribution in [1.82, 2.24) is 9.78 Å². The molecule has 2 N–H and O–H groups in total. The molecular formula is C16H14FN3O2S. The van der Waals surface area contributed by atoms with Crippen LogP contribution >= 0.6 is 0 Å². The molecule has 0 saturated heterocycles. The van der Waals surface area contributed by atoms with E-state index in [1.807, 2.05) is 0 Å². The summed E-state index contributed by atoms with van der Waals surface area (Å²) in [5.74, 6) is -0.0237. The van der Waals surface area contributed by atoms with Crippen molar-refractivity contribution < 1.29 is 12.8 Å². The van der Waals surface area contributed by atoms with Crippen LogP contribution in [-0.4, -0.2) is 24.5 Å². The van der Waals surface area contributed by atoms with Crippen LogP contribution < -0.4 is 5.73 Å². The summed E-state index contributed by atoms with van der Waals surface area (Å²) in [6.45, 7) is 0. The third kappa shape index (κ3) is 3.09. The highest BCUT2D eigenvalue weighted by Crippen LogP contribution is 2.26. The summed E-state index contributed by atoms with van der Waals surface area (Å²) in [5.41, 5.74) is 7.88. The van der Waals surface area contributed by atoms with Gasteiger partial charge in [-0.05, 0) is 36.4 Å². The Morgan fingerprint density at radius 3 is 2.22 bits per heavy atom. The van der Waals surface area contributed by atoms with Gasteiger partial charge in [-0.25, -0.2) is 17.5 Å². The number of hydrogen-bond acceptors (Lipinski definition) is 4. The number of sulfone groups is 1. The molecule has 0 aliphatic heterocycles. The predicted octanol–water partition coefficient (Wildman–Crippen LogP) is 2.66. The number of rotatable bonds is 3. The van der Waals surface area contributed by atoms with Gasteiger partial charge in [0, 0.05) is 17.9 Å². The fourth-order valence-corrected chi connectivity index (χ4v) is 2.89. The van der Waals surface area contributed by atoms with Gasteiger partial charge in [0.1, 0.15) is 11.6 Å². The maximum absolute atomic E-state index is 13.1. The van der Waals surface area contributed by atoms with Crippen LogP contribution in [0.3, 0.4) is 0 Å². The first-order valence-electron chi connectivity index (χ1n) is 6.76. The number of benzene rings is 2. The molecule has 1 aromatic heterocycles. The van der Waals surface area contributed by atoms with Crippen LogP contribution in [0.1, 0.15) is 0 Å². The van der Waals surface area contributed by atoms with Gasteiger partial charge >= 0.3 is 0 Å².